The molecule has 11 valence electrons. The smallest absolute Gasteiger partial charge is 0.269 e. The molecule has 0 heterocycles. The molecule has 0 nitrogen and oxygen atoms in total. The van der Waals surface area contributed by atoms with Crippen molar-refractivity contribution in [3.8, 4) is 0 Å². The van der Waals surface area contributed by atoms with Crippen LogP contribution in [0, 0.1) is 0 Å². The van der Waals surface area contributed by atoms with E-state index in [1.54, 1.807) is 0 Å². The number of hydrogen-bond acceptors (Lipinski definition) is 0. The van der Waals surface area contributed by atoms with Gasteiger partial charge in [0, 0.05) is 8.41 Å². The molecule has 0 amide bonds. The summed E-state index contributed by atoms with van der Waals surface area (Å²) in [5.41, 5.74) is 0. The molecule has 0 aliphatic heterocycles. The van der Waals surface area contributed by atoms with E-state index >= 15 is 0 Å². The SMILES string of the molecule is F.[Al+3].[Al+3].[B].[Ca+2]. The summed E-state index contributed by atoms with van der Waals surface area (Å²) in [7, 11) is 0. The summed E-state index contributed by atoms with van der Waals surface area (Å²) in [4.78, 5) is 0. The van der Waals surface area contributed by atoms with Gasteiger partial charge in [0.05, 0.1) is 0 Å². The van der Waals surface area contributed by atoms with Crippen molar-refractivity contribution in [3.05, 3.63) is 0 Å². The minimum atomic E-state index is 0. The van der Waals surface area contributed by atoms with Crippen LogP contribution in [0.5, 0.6) is 0 Å². The van der Waals surface area contributed by atoms with E-state index in [2.05, 4.69) is 0 Å². The van der Waals surface area contributed by atoms with Crippen LogP contribution in [0.3, 0.4) is 0 Å². The predicted molar refractivity (Wildman–Crippen MR) is 25.5 cm³/mol. The zero-order valence-corrected chi connectivity index (χ0v) is 7.37. The topological polar surface area (TPSA) is 0 Å². The van der Waals surface area contributed by atoms with Crippen molar-refractivity contribution in [3.63, 3.8) is 0 Å². The summed E-state index contributed by atoms with van der Waals surface area (Å²) >= 11 is 0. The van der Waals surface area contributed by atoms with Crippen molar-refractivity contribution in [2.45, 2.75) is 0 Å². The first kappa shape index (κ1) is 54.3. The summed E-state index contributed by atoms with van der Waals surface area (Å²) in [5, 5.41) is 0. The quantitative estimate of drug-likeness (QED) is 0.350. The monoisotopic (exact) mass is 125 g/mol. The molecule has 0 N–H and O–H groups in total. The van der Waals surface area contributed by atoms with Crippen LogP contribution in [0.15, 0.2) is 0 Å². The van der Waals surface area contributed by atoms with E-state index in [1.807, 2.05) is 0 Å². The number of rotatable bonds is 0. The van der Waals surface area contributed by atoms with E-state index in [0.717, 1.165) is 0 Å². The predicted octanol–water partition coefficient (Wildman–Crippen LogP) is -1.37. The first-order valence-corrected chi connectivity index (χ1v) is 0. The minimum absolute atomic E-state index is 0. The fourth-order valence-corrected chi connectivity index (χ4v) is 0. The molecular formula is HAl2BCaF+8. The Labute approximate surface area is 84.3 Å². The Kier molecular flexibility index (Phi) is 361. The van der Waals surface area contributed by atoms with Crippen LogP contribution in [0.1, 0.15) is 0 Å². The molecule has 0 saturated carbocycles. The molecule has 0 saturated heterocycles. The van der Waals surface area contributed by atoms with E-state index in [9.17, 15) is 0 Å². The van der Waals surface area contributed by atoms with E-state index in [4.69, 9.17) is 0 Å². The maximum absolute atomic E-state index is 0. The maximum atomic E-state index is 0. The van der Waals surface area contributed by atoms with Gasteiger partial charge >= 0.3 is 72.5 Å². The Morgan fingerprint density at radius 1 is 0.800 bits per heavy atom. The van der Waals surface area contributed by atoms with Gasteiger partial charge in [-0.15, -0.1) is 0 Å². The number of hydrogen-bond donors (Lipinski definition) is 0. The molecule has 0 aliphatic carbocycles. The molecule has 0 aliphatic rings. The molecule has 0 rings (SSSR count). The summed E-state index contributed by atoms with van der Waals surface area (Å²) in [6, 6.07) is 0. The Morgan fingerprint density at radius 3 is 0.800 bits per heavy atom. The van der Waals surface area contributed by atoms with Crippen molar-refractivity contribution in [2.24, 2.45) is 0 Å². The average Bonchev–Trinajstić information content (AvgIpc) is 0. The third kappa shape index (κ3) is 21.9. The first-order valence-electron chi connectivity index (χ1n) is 0. The van der Waals surface area contributed by atoms with Gasteiger partial charge in [0.2, 0.25) is 0 Å². The third-order valence-corrected chi connectivity index (χ3v) is 0. The zero-order chi connectivity index (χ0) is 0. The Hall–Kier alpha value is 2.32. The van der Waals surface area contributed by atoms with Gasteiger partial charge in [-0.2, -0.15) is 0 Å². The summed E-state index contributed by atoms with van der Waals surface area (Å²) in [6.07, 6.45) is 0. The molecule has 0 atom stereocenters. The van der Waals surface area contributed by atoms with Crippen LogP contribution in [0.4, 0.5) is 4.70 Å². The van der Waals surface area contributed by atoms with E-state index < -0.39 is 0 Å². The second kappa shape index (κ2) is 33.2. The van der Waals surface area contributed by atoms with Gasteiger partial charge in [-0.3, -0.25) is 4.70 Å². The molecule has 0 aromatic carbocycles. The first-order chi connectivity index (χ1) is 0. The van der Waals surface area contributed by atoms with Crippen LogP contribution >= 0.6 is 0 Å². The molecule has 3 radical (unpaired) electrons. The fraction of sp³-hybridized carbons (Fsp3) is 0. The second-order valence-electron chi connectivity index (χ2n) is 0. The van der Waals surface area contributed by atoms with Crippen molar-refractivity contribution in [1.29, 1.82) is 0 Å². The van der Waals surface area contributed by atoms with E-state index in [-0.39, 0.29) is 85.6 Å². The molecule has 0 aromatic rings. The van der Waals surface area contributed by atoms with Crippen molar-refractivity contribution in [1.82, 2.24) is 0 Å². The number of halogens is 1. The molecule has 0 spiro atoms. The normalized spacial score (nSPS) is 0. The van der Waals surface area contributed by atoms with Crippen LogP contribution < -0.4 is 0 Å². The van der Waals surface area contributed by atoms with E-state index in [0.29, 0.717) is 0 Å². The van der Waals surface area contributed by atoms with Gasteiger partial charge in [0.15, 0.2) is 0 Å². The van der Waals surface area contributed by atoms with Crippen LogP contribution in [0.25, 0.3) is 0 Å². The summed E-state index contributed by atoms with van der Waals surface area (Å²) in [5.74, 6) is 0. The molecule has 0 bridgehead atoms. The molecular weight excluding hydrogens is 124 g/mol. The average molecular weight is 125 g/mol. The van der Waals surface area contributed by atoms with Gasteiger partial charge in [-0.25, -0.2) is 0 Å². The van der Waals surface area contributed by atoms with Gasteiger partial charge in [-0.05, 0) is 0 Å². The fourth-order valence-electron chi connectivity index (χ4n) is 0. The van der Waals surface area contributed by atoms with Crippen LogP contribution in [-0.4, -0.2) is 80.9 Å². The van der Waals surface area contributed by atoms with Gasteiger partial charge in [0.1, 0.15) is 0 Å². The second-order valence-corrected chi connectivity index (χ2v) is 0. The Bertz CT molecular complexity index is 9.61. The van der Waals surface area contributed by atoms with Crippen LogP contribution in [-0.2, 0) is 0 Å². The zero-order valence-electron chi connectivity index (χ0n) is 2.85. The molecule has 5 heteroatoms. The Balaban J connectivity index is 0. The minimum Gasteiger partial charge on any atom is -0.269 e. The van der Waals surface area contributed by atoms with Gasteiger partial charge in [-0.1, -0.05) is 0 Å². The Morgan fingerprint density at radius 2 is 0.800 bits per heavy atom. The van der Waals surface area contributed by atoms with Gasteiger partial charge in [0.25, 0.3) is 0 Å². The van der Waals surface area contributed by atoms with Crippen molar-refractivity contribution >= 4 is 80.9 Å². The summed E-state index contributed by atoms with van der Waals surface area (Å²) in [6.45, 7) is 0. The molecule has 0 unspecified atom stereocenters. The van der Waals surface area contributed by atoms with Gasteiger partial charge < -0.3 is 0 Å². The summed E-state index contributed by atoms with van der Waals surface area (Å²) < 4.78 is 0. The third-order valence-electron chi connectivity index (χ3n) is 0. The molecule has 0 fully saturated rings. The van der Waals surface area contributed by atoms with Crippen molar-refractivity contribution in [2.75, 3.05) is 0 Å². The molecule has 0 aromatic heterocycles. The van der Waals surface area contributed by atoms with Crippen molar-refractivity contribution < 1.29 is 4.70 Å². The molecule has 5 heavy (non-hydrogen) atoms. The van der Waals surface area contributed by atoms with E-state index in [1.165, 1.54) is 0 Å². The standard InChI is InChI=1S/2Al.B.Ca.FH/h;;;;1H/q2*+3;;+2;. The largest absolute Gasteiger partial charge is 3.00 e. The maximum Gasteiger partial charge on any atom is 3.00 e. The van der Waals surface area contributed by atoms with Crippen LogP contribution in [0.2, 0.25) is 0 Å².